The SMILES string of the molecule is COC(=O)[C@@H]1C[C@H](O)C(=O)C=C1C. The molecule has 0 bridgehead atoms. The summed E-state index contributed by atoms with van der Waals surface area (Å²) in [4.78, 5) is 22.1. The van der Waals surface area contributed by atoms with E-state index in [2.05, 4.69) is 4.74 Å². The molecule has 1 N–H and O–H groups in total. The lowest BCUT2D eigenvalue weighted by atomic mass is 9.86. The average molecular weight is 184 g/mol. The first kappa shape index (κ1) is 9.92. The number of hydrogen-bond donors (Lipinski definition) is 1. The van der Waals surface area contributed by atoms with E-state index in [4.69, 9.17) is 0 Å². The van der Waals surface area contributed by atoms with Crippen LogP contribution in [0.3, 0.4) is 0 Å². The zero-order valence-corrected chi connectivity index (χ0v) is 7.61. The molecule has 1 rings (SSSR count). The highest BCUT2D eigenvalue weighted by Gasteiger charge is 2.31. The lowest BCUT2D eigenvalue weighted by Crippen LogP contribution is -2.32. The first-order valence-electron chi connectivity index (χ1n) is 4.04. The Morgan fingerprint density at radius 3 is 2.85 bits per heavy atom. The Bertz CT molecular complexity index is 267. The van der Waals surface area contributed by atoms with Crippen LogP contribution in [0, 0.1) is 5.92 Å². The third-order valence-corrected chi connectivity index (χ3v) is 2.19. The van der Waals surface area contributed by atoms with Crippen molar-refractivity contribution in [2.75, 3.05) is 7.11 Å². The number of methoxy groups -OCH3 is 1. The van der Waals surface area contributed by atoms with Crippen LogP contribution in [-0.2, 0) is 14.3 Å². The quantitative estimate of drug-likeness (QED) is 0.585. The number of ketones is 1. The van der Waals surface area contributed by atoms with Crippen molar-refractivity contribution >= 4 is 11.8 Å². The number of hydrogen-bond acceptors (Lipinski definition) is 4. The summed E-state index contributed by atoms with van der Waals surface area (Å²) in [6, 6.07) is 0. The summed E-state index contributed by atoms with van der Waals surface area (Å²) >= 11 is 0. The van der Waals surface area contributed by atoms with Crippen molar-refractivity contribution in [2.24, 2.45) is 5.92 Å². The first-order valence-corrected chi connectivity index (χ1v) is 4.04. The van der Waals surface area contributed by atoms with Gasteiger partial charge in [0, 0.05) is 0 Å². The molecule has 0 aromatic heterocycles. The molecule has 72 valence electrons. The molecule has 13 heavy (non-hydrogen) atoms. The van der Waals surface area contributed by atoms with Crippen molar-refractivity contribution < 1.29 is 19.4 Å². The smallest absolute Gasteiger partial charge is 0.312 e. The van der Waals surface area contributed by atoms with Crippen LogP contribution in [0.5, 0.6) is 0 Å². The van der Waals surface area contributed by atoms with Gasteiger partial charge in [0.05, 0.1) is 13.0 Å². The molecule has 0 aromatic carbocycles. The van der Waals surface area contributed by atoms with E-state index < -0.39 is 18.0 Å². The van der Waals surface area contributed by atoms with Gasteiger partial charge in [-0.05, 0) is 19.4 Å². The minimum absolute atomic E-state index is 0.133. The second-order valence-corrected chi connectivity index (χ2v) is 3.12. The van der Waals surface area contributed by atoms with Crippen molar-refractivity contribution in [3.63, 3.8) is 0 Å². The Labute approximate surface area is 76.2 Å². The fraction of sp³-hybridized carbons (Fsp3) is 0.556. The maximum absolute atomic E-state index is 11.1. The molecule has 0 fully saturated rings. The topological polar surface area (TPSA) is 63.6 Å². The minimum atomic E-state index is -1.06. The van der Waals surface area contributed by atoms with Gasteiger partial charge in [-0.1, -0.05) is 5.57 Å². The summed E-state index contributed by atoms with van der Waals surface area (Å²) < 4.78 is 4.54. The fourth-order valence-electron chi connectivity index (χ4n) is 1.37. The standard InChI is InChI=1S/C9H12O4/c1-5-3-7(10)8(11)4-6(5)9(12)13-2/h3,6,8,11H,4H2,1-2H3/t6-,8+/m1/s1. The number of ether oxygens (including phenoxy) is 1. The molecule has 0 saturated heterocycles. The highest BCUT2D eigenvalue weighted by atomic mass is 16.5. The second-order valence-electron chi connectivity index (χ2n) is 3.12. The normalized spacial score (nSPS) is 28.2. The highest BCUT2D eigenvalue weighted by Crippen LogP contribution is 2.23. The van der Waals surface area contributed by atoms with E-state index in [1.165, 1.54) is 13.2 Å². The molecule has 2 atom stereocenters. The molecule has 1 aliphatic rings. The molecule has 0 heterocycles. The Morgan fingerprint density at radius 1 is 1.69 bits per heavy atom. The number of aliphatic hydroxyl groups excluding tert-OH is 1. The monoisotopic (exact) mass is 184 g/mol. The average Bonchev–Trinajstić information content (AvgIpc) is 2.10. The number of carbonyl (C=O) groups is 2. The zero-order valence-electron chi connectivity index (χ0n) is 7.61. The number of aliphatic hydroxyl groups is 1. The van der Waals surface area contributed by atoms with E-state index in [9.17, 15) is 14.7 Å². The number of rotatable bonds is 1. The lowest BCUT2D eigenvalue weighted by molar-refractivity contribution is -0.145. The Morgan fingerprint density at radius 2 is 2.31 bits per heavy atom. The summed E-state index contributed by atoms with van der Waals surface area (Å²) in [7, 11) is 1.29. The van der Waals surface area contributed by atoms with Gasteiger partial charge in [0.15, 0.2) is 5.78 Å². The fourth-order valence-corrected chi connectivity index (χ4v) is 1.37. The Kier molecular flexibility index (Phi) is 2.83. The van der Waals surface area contributed by atoms with Crippen molar-refractivity contribution in [1.82, 2.24) is 0 Å². The van der Waals surface area contributed by atoms with Crippen LogP contribution >= 0.6 is 0 Å². The van der Waals surface area contributed by atoms with Crippen molar-refractivity contribution in [3.8, 4) is 0 Å². The maximum Gasteiger partial charge on any atom is 0.312 e. The van der Waals surface area contributed by atoms with Gasteiger partial charge in [-0.2, -0.15) is 0 Å². The van der Waals surface area contributed by atoms with Gasteiger partial charge in [0.2, 0.25) is 0 Å². The van der Waals surface area contributed by atoms with Gasteiger partial charge >= 0.3 is 5.97 Å². The molecule has 4 heteroatoms. The molecule has 1 aliphatic carbocycles. The van der Waals surface area contributed by atoms with Gasteiger partial charge in [-0.15, -0.1) is 0 Å². The minimum Gasteiger partial charge on any atom is -0.469 e. The number of carbonyl (C=O) groups excluding carboxylic acids is 2. The van der Waals surface area contributed by atoms with Crippen LogP contribution in [0.1, 0.15) is 13.3 Å². The summed E-state index contributed by atoms with van der Waals surface area (Å²) in [6.45, 7) is 1.69. The molecule has 4 nitrogen and oxygen atoms in total. The lowest BCUT2D eigenvalue weighted by Gasteiger charge is -2.22. The van der Waals surface area contributed by atoms with Crippen molar-refractivity contribution in [2.45, 2.75) is 19.4 Å². The van der Waals surface area contributed by atoms with Crippen LogP contribution in [0.25, 0.3) is 0 Å². The molecular weight excluding hydrogens is 172 g/mol. The second kappa shape index (κ2) is 3.70. The predicted octanol–water partition coefficient (Wildman–Crippen LogP) is 0.0556. The molecule has 0 unspecified atom stereocenters. The van der Waals surface area contributed by atoms with E-state index >= 15 is 0 Å². The van der Waals surface area contributed by atoms with Crippen LogP contribution in [0.4, 0.5) is 0 Å². The largest absolute Gasteiger partial charge is 0.469 e. The van der Waals surface area contributed by atoms with Crippen LogP contribution in [0.15, 0.2) is 11.6 Å². The van der Waals surface area contributed by atoms with E-state index in [0.717, 1.165) is 0 Å². The molecule has 0 aliphatic heterocycles. The number of esters is 1. The van der Waals surface area contributed by atoms with Crippen LogP contribution < -0.4 is 0 Å². The van der Waals surface area contributed by atoms with E-state index in [-0.39, 0.29) is 12.2 Å². The van der Waals surface area contributed by atoms with Crippen molar-refractivity contribution in [3.05, 3.63) is 11.6 Å². The third kappa shape index (κ3) is 1.95. The van der Waals surface area contributed by atoms with Gasteiger partial charge in [0.1, 0.15) is 6.10 Å². The van der Waals surface area contributed by atoms with Crippen LogP contribution in [0.2, 0.25) is 0 Å². The van der Waals surface area contributed by atoms with Gasteiger partial charge in [0.25, 0.3) is 0 Å². The van der Waals surface area contributed by atoms with Crippen LogP contribution in [-0.4, -0.2) is 30.1 Å². The maximum atomic E-state index is 11.1. The van der Waals surface area contributed by atoms with E-state index in [1.54, 1.807) is 6.92 Å². The van der Waals surface area contributed by atoms with Gasteiger partial charge < -0.3 is 9.84 Å². The third-order valence-electron chi connectivity index (χ3n) is 2.19. The molecule has 0 aromatic rings. The summed E-state index contributed by atoms with van der Waals surface area (Å²) in [5.74, 6) is -1.21. The molecule has 0 radical (unpaired) electrons. The first-order chi connectivity index (χ1) is 6.06. The molecule has 0 amide bonds. The summed E-state index contributed by atoms with van der Waals surface area (Å²) in [5.41, 5.74) is 0.655. The van der Waals surface area contributed by atoms with E-state index in [0.29, 0.717) is 5.57 Å². The summed E-state index contributed by atoms with van der Waals surface area (Å²) in [5, 5.41) is 9.21. The highest BCUT2D eigenvalue weighted by molar-refractivity contribution is 5.96. The van der Waals surface area contributed by atoms with Crippen molar-refractivity contribution in [1.29, 1.82) is 0 Å². The van der Waals surface area contributed by atoms with Gasteiger partial charge in [-0.25, -0.2) is 0 Å². The summed E-state index contributed by atoms with van der Waals surface area (Å²) in [6.07, 6.45) is 0.372. The Balaban J connectivity index is 2.84. The zero-order chi connectivity index (χ0) is 10.0. The van der Waals surface area contributed by atoms with Gasteiger partial charge in [-0.3, -0.25) is 9.59 Å². The predicted molar refractivity (Wildman–Crippen MR) is 44.9 cm³/mol. The molecule has 0 saturated carbocycles. The van der Waals surface area contributed by atoms with E-state index in [1.807, 2.05) is 0 Å². The molecule has 0 spiro atoms. The Hall–Kier alpha value is -1.16. The molecular formula is C9H12O4.